The van der Waals surface area contributed by atoms with Gasteiger partial charge in [-0.25, -0.2) is 4.79 Å². The Kier molecular flexibility index (Phi) is 5.67. The monoisotopic (exact) mass is 319 g/mol. The molecule has 1 heterocycles. The standard InChI is InChI=1S/C15H17N3O5/c19-12(7-6-11-14(21)18-15(22)17-11)16-8-13(20)23-9-10-4-2-1-3-5-10/h1-5,11H,6-9H2,(H,16,19)(H2,17,18,21,22). The number of amides is 4. The van der Waals surface area contributed by atoms with Crippen LogP contribution in [0, 0.1) is 0 Å². The predicted molar refractivity (Wildman–Crippen MR) is 78.9 cm³/mol. The van der Waals surface area contributed by atoms with Crippen LogP contribution in [0.5, 0.6) is 0 Å². The zero-order valence-electron chi connectivity index (χ0n) is 12.3. The van der Waals surface area contributed by atoms with Crippen molar-refractivity contribution in [3.8, 4) is 0 Å². The second-order valence-electron chi connectivity index (χ2n) is 4.98. The molecule has 1 unspecified atom stereocenters. The molecule has 0 aliphatic carbocycles. The summed E-state index contributed by atoms with van der Waals surface area (Å²) in [5.74, 6) is -1.39. The third kappa shape index (κ3) is 5.42. The Balaban J connectivity index is 1.61. The van der Waals surface area contributed by atoms with Crippen LogP contribution in [0.25, 0.3) is 0 Å². The highest BCUT2D eigenvalue weighted by molar-refractivity contribution is 6.04. The second-order valence-corrected chi connectivity index (χ2v) is 4.98. The van der Waals surface area contributed by atoms with E-state index in [0.29, 0.717) is 0 Å². The summed E-state index contributed by atoms with van der Waals surface area (Å²) in [5.41, 5.74) is 0.857. The van der Waals surface area contributed by atoms with E-state index in [9.17, 15) is 19.2 Å². The molecule has 0 spiro atoms. The molecule has 4 amide bonds. The van der Waals surface area contributed by atoms with Crippen molar-refractivity contribution in [2.45, 2.75) is 25.5 Å². The summed E-state index contributed by atoms with van der Waals surface area (Å²) in [5, 5.41) is 6.88. The number of carbonyl (C=O) groups is 4. The van der Waals surface area contributed by atoms with Crippen LogP contribution in [-0.2, 0) is 25.7 Å². The van der Waals surface area contributed by atoms with E-state index >= 15 is 0 Å². The first-order chi connectivity index (χ1) is 11.0. The molecule has 1 atom stereocenters. The fourth-order valence-corrected chi connectivity index (χ4v) is 1.99. The Morgan fingerprint density at radius 2 is 1.91 bits per heavy atom. The summed E-state index contributed by atoms with van der Waals surface area (Å²) in [6, 6.07) is 7.91. The molecule has 1 aromatic rings. The number of nitrogens with one attached hydrogen (secondary N) is 3. The zero-order valence-corrected chi connectivity index (χ0v) is 12.3. The van der Waals surface area contributed by atoms with E-state index < -0.39 is 29.9 Å². The van der Waals surface area contributed by atoms with Gasteiger partial charge in [-0.1, -0.05) is 30.3 Å². The minimum atomic E-state index is -0.710. The van der Waals surface area contributed by atoms with Crippen molar-refractivity contribution in [2.75, 3.05) is 6.54 Å². The van der Waals surface area contributed by atoms with Gasteiger partial charge in [0.25, 0.3) is 5.91 Å². The fourth-order valence-electron chi connectivity index (χ4n) is 1.99. The van der Waals surface area contributed by atoms with E-state index in [2.05, 4.69) is 16.0 Å². The number of imide groups is 1. The first-order valence-electron chi connectivity index (χ1n) is 7.12. The minimum Gasteiger partial charge on any atom is -0.460 e. The van der Waals surface area contributed by atoms with Gasteiger partial charge in [-0.3, -0.25) is 19.7 Å². The van der Waals surface area contributed by atoms with Gasteiger partial charge in [0.2, 0.25) is 5.91 Å². The van der Waals surface area contributed by atoms with Gasteiger partial charge in [-0.15, -0.1) is 0 Å². The number of ether oxygens (including phenoxy) is 1. The number of benzene rings is 1. The van der Waals surface area contributed by atoms with Crippen molar-refractivity contribution >= 4 is 23.8 Å². The average molecular weight is 319 g/mol. The number of carbonyl (C=O) groups excluding carboxylic acids is 4. The molecule has 0 bridgehead atoms. The normalized spacial score (nSPS) is 16.4. The SMILES string of the molecule is O=C(CCC1NC(=O)NC1=O)NCC(=O)OCc1ccccc1. The van der Waals surface area contributed by atoms with Crippen molar-refractivity contribution < 1.29 is 23.9 Å². The van der Waals surface area contributed by atoms with E-state index in [-0.39, 0.29) is 26.0 Å². The smallest absolute Gasteiger partial charge is 0.325 e. The van der Waals surface area contributed by atoms with E-state index in [4.69, 9.17) is 4.74 Å². The third-order valence-corrected chi connectivity index (χ3v) is 3.19. The Bertz CT molecular complexity index is 602. The summed E-state index contributed by atoms with van der Waals surface area (Å²) in [6.45, 7) is -0.0985. The lowest BCUT2D eigenvalue weighted by Gasteiger charge is -2.08. The zero-order chi connectivity index (χ0) is 16.7. The topological polar surface area (TPSA) is 114 Å². The van der Waals surface area contributed by atoms with E-state index in [1.165, 1.54) is 0 Å². The lowest BCUT2D eigenvalue weighted by Crippen LogP contribution is -2.34. The Morgan fingerprint density at radius 1 is 1.17 bits per heavy atom. The molecule has 0 saturated carbocycles. The average Bonchev–Trinajstić information content (AvgIpc) is 2.87. The van der Waals surface area contributed by atoms with Crippen molar-refractivity contribution in [3.63, 3.8) is 0 Å². The predicted octanol–water partition coefficient (Wildman–Crippen LogP) is -0.166. The first-order valence-corrected chi connectivity index (χ1v) is 7.12. The fraction of sp³-hybridized carbons (Fsp3) is 0.333. The van der Waals surface area contributed by atoms with Crippen molar-refractivity contribution in [1.29, 1.82) is 0 Å². The van der Waals surface area contributed by atoms with Crippen LogP contribution in [0.4, 0.5) is 4.79 Å². The van der Waals surface area contributed by atoms with Gasteiger partial charge in [-0.2, -0.15) is 0 Å². The van der Waals surface area contributed by atoms with Crippen LogP contribution < -0.4 is 16.0 Å². The van der Waals surface area contributed by atoms with Gasteiger partial charge in [0, 0.05) is 6.42 Å². The number of esters is 1. The van der Waals surface area contributed by atoms with Crippen LogP contribution in [0.2, 0.25) is 0 Å². The highest BCUT2D eigenvalue weighted by Crippen LogP contribution is 2.03. The van der Waals surface area contributed by atoms with Crippen molar-refractivity contribution in [1.82, 2.24) is 16.0 Å². The maximum atomic E-state index is 11.6. The van der Waals surface area contributed by atoms with E-state index in [1.54, 1.807) is 0 Å². The molecule has 1 aliphatic rings. The molecule has 2 rings (SSSR count). The van der Waals surface area contributed by atoms with Crippen molar-refractivity contribution in [3.05, 3.63) is 35.9 Å². The molecule has 8 nitrogen and oxygen atoms in total. The molecule has 23 heavy (non-hydrogen) atoms. The van der Waals surface area contributed by atoms with Gasteiger partial charge in [-0.05, 0) is 12.0 Å². The maximum absolute atomic E-state index is 11.6. The molecular formula is C15H17N3O5. The summed E-state index contributed by atoms with van der Waals surface area (Å²) in [4.78, 5) is 45.3. The Morgan fingerprint density at radius 3 is 2.57 bits per heavy atom. The van der Waals surface area contributed by atoms with Gasteiger partial charge < -0.3 is 15.4 Å². The number of urea groups is 1. The van der Waals surface area contributed by atoms with Crippen LogP contribution >= 0.6 is 0 Å². The molecule has 1 fully saturated rings. The third-order valence-electron chi connectivity index (χ3n) is 3.19. The lowest BCUT2D eigenvalue weighted by atomic mass is 10.1. The molecule has 3 N–H and O–H groups in total. The molecular weight excluding hydrogens is 302 g/mol. The van der Waals surface area contributed by atoms with E-state index in [1.807, 2.05) is 30.3 Å². The largest absolute Gasteiger partial charge is 0.460 e. The van der Waals surface area contributed by atoms with Gasteiger partial charge in [0.05, 0.1) is 0 Å². The van der Waals surface area contributed by atoms with E-state index in [0.717, 1.165) is 5.56 Å². The number of rotatable bonds is 7. The van der Waals surface area contributed by atoms with Crippen LogP contribution in [0.1, 0.15) is 18.4 Å². The number of hydrogen-bond donors (Lipinski definition) is 3. The highest BCUT2D eigenvalue weighted by atomic mass is 16.5. The molecule has 8 heteroatoms. The van der Waals surface area contributed by atoms with Gasteiger partial charge in [0.15, 0.2) is 0 Å². The summed E-state index contributed by atoms with van der Waals surface area (Å²) in [7, 11) is 0. The van der Waals surface area contributed by atoms with Gasteiger partial charge >= 0.3 is 12.0 Å². The maximum Gasteiger partial charge on any atom is 0.325 e. The minimum absolute atomic E-state index is 0.0182. The molecule has 1 aromatic carbocycles. The molecule has 0 radical (unpaired) electrons. The highest BCUT2D eigenvalue weighted by Gasteiger charge is 2.29. The quantitative estimate of drug-likeness (QED) is 0.477. The van der Waals surface area contributed by atoms with Crippen LogP contribution in [0.15, 0.2) is 30.3 Å². The Labute approximate surface area is 132 Å². The number of hydrogen-bond acceptors (Lipinski definition) is 5. The molecule has 0 aromatic heterocycles. The van der Waals surface area contributed by atoms with Crippen LogP contribution in [-0.4, -0.2) is 36.4 Å². The molecule has 122 valence electrons. The second kappa shape index (κ2) is 7.92. The molecule has 1 saturated heterocycles. The molecule has 1 aliphatic heterocycles. The first kappa shape index (κ1) is 16.5. The van der Waals surface area contributed by atoms with Crippen LogP contribution in [0.3, 0.4) is 0 Å². The lowest BCUT2D eigenvalue weighted by molar-refractivity contribution is -0.145. The van der Waals surface area contributed by atoms with Gasteiger partial charge in [0.1, 0.15) is 19.2 Å². The summed E-state index contributed by atoms with van der Waals surface area (Å²) < 4.78 is 5.01. The Hall–Kier alpha value is -2.90. The van der Waals surface area contributed by atoms with Crippen molar-refractivity contribution in [2.24, 2.45) is 0 Å². The summed E-state index contributed by atoms with van der Waals surface area (Å²) >= 11 is 0. The summed E-state index contributed by atoms with van der Waals surface area (Å²) in [6.07, 6.45) is 0.187.